The SMILES string of the molecule is IC12CCC(C[CH]1[Ti]([CH]1CC3CCC1(I)C3)([CH]1CC3CCC1(I)C3)[CH]1CC3CCC1(I)C3)C2. The van der Waals surface area contributed by atoms with E-state index in [4.69, 9.17) is 0 Å². The Morgan fingerprint density at radius 3 is 0.818 bits per heavy atom. The second kappa shape index (κ2) is 7.88. The van der Waals surface area contributed by atoms with Gasteiger partial charge in [-0.3, -0.25) is 0 Å². The van der Waals surface area contributed by atoms with Crippen LogP contribution in [0.1, 0.15) is 103 Å². The summed E-state index contributed by atoms with van der Waals surface area (Å²) in [6.07, 6.45) is 26.1. The van der Waals surface area contributed by atoms with Crippen molar-refractivity contribution in [3.05, 3.63) is 0 Å². The van der Waals surface area contributed by atoms with Crippen molar-refractivity contribution in [3.63, 3.8) is 0 Å². The van der Waals surface area contributed by atoms with Crippen molar-refractivity contribution < 1.29 is 16.6 Å². The van der Waals surface area contributed by atoms with E-state index in [1.54, 1.807) is 103 Å². The van der Waals surface area contributed by atoms with Crippen LogP contribution in [0.15, 0.2) is 0 Å². The van der Waals surface area contributed by atoms with Gasteiger partial charge in [0, 0.05) is 0 Å². The first kappa shape index (κ1) is 24.4. The molecule has 0 amide bonds. The first-order valence-electron chi connectivity index (χ1n) is 14.4. The van der Waals surface area contributed by atoms with Crippen LogP contribution in [-0.4, -0.2) is 13.7 Å². The summed E-state index contributed by atoms with van der Waals surface area (Å²) in [5.41, 5.74) is 0. The van der Waals surface area contributed by atoms with E-state index in [0.717, 1.165) is 37.4 Å². The van der Waals surface area contributed by atoms with Gasteiger partial charge < -0.3 is 0 Å². The minimum absolute atomic E-state index is 0.723. The van der Waals surface area contributed by atoms with E-state index in [1.807, 2.05) is 0 Å². The molecule has 8 bridgehead atoms. The average molecular weight is 932 g/mol. The van der Waals surface area contributed by atoms with E-state index in [0.29, 0.717) is 0 Å². The van der Waals surface area contributed by atoms with Crippen molar-refractivity contribution in [2.75, 3.05) is 0 Å². The standard InChI is InChI=1S/4C7H10I.Ti/c4*8-7-3-1-6(5-7)2-4-7;/h4*3,6H,1-2,4-5H2;. The molecule has 8 rings (SSSR count). The average Bonchev–Trinajstić information content (AvgIpc) is 3.59. The Morgan fingerprint density at radius 1 is 0.424 bits per heavy atom. The molecule has 0 spiro atoms. The quantitative estimate of drug-likeness (QED) is 0.150. The fourth-order valence-electron chi connectivity index (χ4n) is 12.8. The molecule has 12 atom stereocenters. The van der Waals surface area contributed by atoms with Gasteiger partial charge >= 0.3 is 264 Å². The molecule has 5 heteroatoms. The predicted molar refractivity (Wildman–Crippen MR) is 170 cm³/mol. The van der Waals surface area contributed by atoms with Crippen LogP contribution in [0.4, 0.5) is 0 Å². The van der Waals surface area contributed by atoms with Crippen LogP contribution in [0.5, 0.6) is 0 Å². The molecular weight excluding hydrogens is 892 g/mol. The van der Waals surface area contributed by atoms with Crippen molar-refractivity contribution in [1.29, 1.82) is 0 Å². The molecule has 0 heterocycles. The Hall–Kier alpha value is 3.63. The van der Waals surface area contributed by atoms with Gasteiger partial charge in [0.15, 0.2) is 0 Å². The third kappa shape index (κ3) is 3.23. The third-order valence-corrected chi connectivity index (χ3v) is 36.6. The van der Waals surface area contributed by atoms with Crippen molar-refractivity contribution in [3.8, 4) is 0 Å². The predicted octanol–water partition coefficient (Wildman–Crippen LogP) is 10.8. The molecule has 0 aliphatic heterocycles. The van der Waals surface area contributed by atoms with Crippen molar-refractivity contribution >= 4 is 90.4 Å². The van der Waals surface area contributed by atoms with Gasteiger partial charge in [-0.05, 0) is 0 Å². The van der Waals surface area contributed by atoms with Gasteiger partial charge in [0.2, 0.25) is 0 Å². The van der Waals surface area contributed by atoms with Gasteiger partial charge in [0.1, 0.15) is 0 Å². The fourth-order valence-corrected chi connectivity index (χ4v) is 42.9. The van der Waals surface area contributed by atoms with Crippen LogP contribution in [0.25, 0.3) is 0 Å². The number of hydrogen-bond acceptors (Lipinski definition) is 0. The minimum atomic E-state index is -2.38. The Kier molecular flexibility index (Phi) is 5.84. The molecule has 0 aromatic carbocycles. The zero-order valence-electron chi connectivity index (χ0n) is 19.9. The molecule has 8 saturated carbocycles. The van der Waals surface area contributed by atoms with Crippen LogP contribution >= 0.6 is 90.4 Å². The maximum atomic E-state index is 3.16. The molecule has 0 N–H and O–H groups in total. The molecule has 8 aliphatic carbocycles. The Bertz CT molecular complexity index is 738. The number of hydrogen-bond donors (Lipinski definition) is 0. The number of halogens is 4. The van der Waals surface area contributed by atoms with E-state index >= 15 is 0 Å². The molecule has 0 nitrogen and oxygen atoms in total. The summed E-state index contributed by atoms with van der Waals surface area (Å²) in [4.78, 5) is 0. The van der Waals surface area contributed by atoms with Gasteiger partial charge in [-0.1, -0.05) is 0 Å². The Labute approximate surface area is 260 Å². The molecule has 0 aromatic rings. The van der Waals surface area contributed by atoms with Gasteiger partial charge in [0.25, 0.3) is 0 Å². The Morgan fingerprint density at radius 2 is 0.667 bits per heavy atom. The molecule has 0 radical (unpaired) electrons. The van der Waals surface area contributed by atoms with Crippen LogP contribution in [0, 0.1) is 23.7 Å². The summed E-state index contributed by atoms with van der Waals surface area (Å²) in [7, 11) is 0. The molecule has 0 saturated heterocycles. The molecule has 184 valence electrons. The molecule has 8 fully saturated rings. The van der Waals surface area contributed by atoms with E-state index in [-0.39, 0.29) is 0 Å². The van der Waals surface area contributed by atoms with E-state index in [9.17, 15) is 0 Å². The summed E-state index contributed by atoms with van der Waals surface area (Å²) in [5, 5.41) is 0. The van der Waals surface area contributed by atoms with Crippen LogP contribution in [0.2, 0.25) is 16.9 Å². The van der Waals surface area contributed by atoms with Crippen molar-refractivity contribution in [2.24, 2.45) is 23.7 Å². The summed E-state index contributed by atoms with van der Waals surface area (Å²) < 4.78 is 7.78. The summed E-state index contributed by atoms with van der Waals surface area (Å²) in [6, 6.07) is 0. The monoisotopic (exact) mass is 932 g/mol. The number of alkyl halides is 4. The fraction of sp³-hybridized carbons (Fsp3) is 1.00. The normalized spacial score (nSPS) is 64.4. The summed E-state index contributed by atoms with van der Waals surface area (Å²) >= 11 is 10.3. The van der Waals surface area contributed by atoms with Crippen LogP contribution in [-0.2, 0) is 16.6 Å². The van der Waals surface area contributed by atoms with E-state index in [1.165, 1.54) is 16.9 Å². The molecule has 12 unspecified atom stereocenters. The van der Waals surface area contributed by atoms with Gasteiger partial charge in [0.05, 0.1) is 0 Å². The van der Waals surface area contributed by atoms with Crippen LogP contribution < -0.4 is 0 Å². The third-order valence-electron chi connectivity index (χ3n) is 13.6. The van der Waals surface area contributed by atoms with Gasteiger partial charge in [-0.25, -0.2) is 0 Å². The second-order valence-electron chi connectivity index (χ2n) is 14.7. The van der Waals surface area contributed by atoms with Crippen molar-refractivity contribution in [1.82, 2.24) is 0 Å². The summed E-state index contributed by atoms with van der Waals surface area (Å²) in [5.74, 6) is 4.47. The maximum absolute atomic E-state index is 3.16. The summed E-state index contributed by atoms with van der Waals surface area (Å²) in [6.45, 7) is 0. The first-order valence-corrected chi connectivity index (χ1v) is 22.3. The molecule has 0 aromatic heterocycles. The molecular formula is C28H40I4Ti. The van der Waals surface area contributed by atoms with E-state index in [2.05, 4.69) is 90.4 Å². The van der Waals surface area contributed by atoms with Gasteiger partial charge in [-0.2, -0.15) is 0 Å². The number of rotatable bonds is 4. The van der Waals surface area contributed by atoms with Gasteiger partial charge in [-0.15, -0.1) is 0 Å². The zero-order valence-corrected chi connectivity index (χ0v) is 30.1. The molecule has 8 aliphatic rings. The topological polar surface area (TPSA) is 0 Å². The zero-order chi connectivity index (χ0) is 22.4. The Balaban J connectivity index is 1.37. The van der Waals surface area contributed by atoms with Crippen LogP contribution in [0.3, 0.4) is 0 Å². The second-order valence-corrected chi connectivity index (χ2v) is 30.8. The van der Waals surface area contributed by atoms with E-state index < -0.39 is 16.6 Å². The first-order chi connectivity index (χ1) is 15.7. The number of fused-ring (bicyclic) bond motifs is 8. The van der Waals surface area contributed by atoms with Crippen molar-refractivity contribution in [2.45, 2.75) is 133 Å². The molecule has 33 heavy (non-hydrogen) atoms.